The summed E-state index contributed by atoms with van der Waals surface area (Å²) >= 11 is 0. The Balaban J connectivity index is 1.46. The van der Waals surface area contributed by atoms with E-state index >= 15 is 0 Å². The van der Waals surface area contributed by atoms with Gasteiger partial charge in [-0.1, -0.05) is 60.7 Å². The lowest BCUT2D eigenvalue weighted by Gasteiger charge is -2.22. The van der Waals surface area contributed by atoms with Crippen LogP contribution in [0.25, 0.3) is 11.6 Å². The fourth-order valence-electron chi connectivity index (χ4n) is 3.04. The van der Waals surface area contributed by atoms with Crippen LogP contribution in [0.3, 0.4) is 0 Å². The van der Waals surface area contributed by atoms with Gasteiger partial charge in [0.2, 0.25) is 11.7 Å². The number of hydrogen-bond donors (Lipinski definition) is 0. The Labute approximate surface area is 168 Å². The van der Waals surface area contributed by atoms with Crippen LogP contribution in [0.4, 0.5) is 0 Å². The van der Waals surface area contributed by atoms with Crippen LogP contribution in [-0.4, -0.2) is 37.6 Å². The van der Waals surface area contributed by atoms with Crippen molar-refractivity contribution < 1.29 is 9.21 Å². The van der Waals surface area contributed by atoms with E-state index in [9.17, 15) is 4.79 Å². The maximum atomic E-state index is 13.0. The molecule has 7 heteroatoms. The number of amides is 1. The summed E-state index contributed by atoms with van der Waals surface area (Å²) in [5.74, 6) is 0.823. The molecule has 0 aliphatic heterocycles. The lowest BCUT2D eigenvalue weighted by atomic mass is 10.1. The summed E-state index contributed by atoms with van der Waals surface area (Å²) in [6.07, 6.45) is 2.33. The highest BCUT2D eigenvalue weighted by atomic mass is 16.3. The van der Waals surface area contributed by atoms with Crippen LogP contribution in [-0.2, 0) is 24.3 Å². The molecule has 1 amide bonds. The quantitative estimate of drug-likeness (QED) is 0.464. The average molecular weight is 387 g/mol. The van der Waals surface area contributed by atoms with Crippen LogP contribution in [0.2, 0.25) is 0 Å². The first-order valence-electron chi connectivity index (χ1n) is 9.45. The van der Waals surface area contributed by atoms with Crippen LogP contribution in [0.15, 0.2) is 83.5 Å². The molecule has 2 heterocycles. The molecule has 4 rings (SSSR count). The molecule has 0 saturated carbocycles. The molecule has 0 saturated heterocycles. The van der Waals surface area contributed by atoms with E-state index in [4.69, 9.17) is 4.42 Å². The topological polar surface area (TPSA) is 77.0 Å². The molecule has 0 N–H and O–H groups in total. The average Bonchev–Trinajstić information content (AvgIpc) is 3.44. The van der Waals surface area contributed by atoms with E-state index in [2.05, 4.69) is 27.5 Å². The van der Waals surface area contributed by atoms with Gasteiger partial charge in [-0.2, -0.15) is 4.80 Å². The summed E-state index contributed by atoms with van der Waals surface area (Å²) in [5.41, 5.74) is 2.27. The second kappa shape index (κ2) is 8.97. The van der Waals surface area contributed by atoms with Crippen LogP contribution < -0.4 is 0 Å². The molecular formula is C22H21N5O2. The molecule has 4 aromatic rings. The van der Waals surface area contributed by atoms with Gasteiger partial charge < -0.3 is 9.32 Å². The summed E-state index contributed by atoms with van der Waals surface area (Å²) in [6, 6.07) is 23.6. The number of carbonyl (C=O) groups is 1. The Bertz CT molecular complexity index is 1030. The number of tetrazole rings is 1. The Hall–Kier alpha value is -3.74. The number of aromatic nitrogens is 4. The molecule has 146 valence electrons. The number of carbonyl (C=O) groups excluding carboxylic acids is 1. The SMILES string of the molecule is O=C(Cn1nnc(-c2ccco2)n1)N(CCc1ccccc1)Cc1ccccc1. The highest BCUT2D eigenvalue weighted by Gasteiger charge is 2.17. The van der Waals surface area contributed by atoms with Crippen molar-refractivity contribution in [2.24, 2.45) is 0 Å². The molecule has 29 heavy (non-hydrogen) atoms. The molecule has 2 aromatic heterocycles. The third-order valence-electron chi connectivity index (χ3n) is 4.55. The molecule has 0 bridgehead atoms. The first-order valence-corrected chi connectivity index (χ1v) is 9.45. The van der Waals surface area contributed by atoms with Crippen molar-refractivity contribution in [3.05, 3.63) is 90.2 Å². The van der Waals surface area contributed by atoms with E-state index in [1.54, 1.807) is 18.4 Å². The highest BCUT2D eigenvalue weighted by Crippen LogP contribution is 2.13. The van der Waals surface area contributed by atoms with Crippen LogP contribution >= 0.6 is 0 Å². The predicted octanol–water partition coefficient (Wildman–Crippen LogP) is 3.20. The summed E-state index contributed by atoms with van der Waals surface area (Å²) in [5, 5.41) is 12.2. The Kier molecular flexibility index (Phi) is 5.76. The first kappa shape index (κ1) is 18.6. The third kappa shape index (κ3) is 4.95. The van der Waals surface area contributed by atoms with Crippen LogP contribution in [0.5, 0.6) is 0 Å². The maximum absolute atomic E-state index is 13.0. The molecule has 0 fully saturated rings. The van der Waals surface area contributed by atoms with E-state index in [1.165, 1.54) is 10.4 Å². The van der Waals surface area contributed by atoms with Crippen molar-refractivity contribution in [3.8, 4) is 11.6 Å². The molecule has 0 aliphatic rings. The standard InChI is InChI=1S/C22H21N5O2/c28-21(17-27-24-22(23-25-27)20-12-7-15-29-20)26(16-19-10-5-2-6-11-19)14-13-18-8-3-1-4-9-18/h1-12,15H,13-14,16-17H2. The van der Waals surface area contributed by atoms with Gasteiger partial charge in [0.05, 0.1) is 6.26 Å². The number of benzene rings is 2. The van der Waals surface area contributed by atoms with E-state index in [0.717, 1.165) is 12.0 Å². The lowest BCUT2D eigenvalue weighted by Crippen LogP contribution is -2.35. The minimum atomic E-state index is -0.0619. The summed E-state index contributed by atoms with van der Waals surface area (Å²) in [6.45, 7) is 1.17. The smallest absolute Gasteiger partial charge is 0.246 e. The predicted molar refractivity (Wildman–Crippen MR) is 108 cm³/mol. The normalized spacial score (nSPS) is 10.8. The zero-order valence-electron chi connectivity index (χ0n) is 15.9. The van der Waals surface area contributed by atoms with Gasteiger partial charge >= 0.3 is 0 Å². The molecule has 0 atom stereocenters. The van der Waals surface area contributed by atoms with Crippen LogP contribution in [0, 0.1) is 0 Å². The van der Waals surface area contributed by atoms with Crippen molar-refractivity contribution in [1.29, 1.82) is 0 Å². The first-order chi connectivity index (χ1) is 14.3. The van der Waals surface area contributed by atoms with Gasteiger partial charge in [-0.3, -0.25) is 4.79 Å². The van der Waals surface area contributed by atoms with Gasteiger partial charge in [-0.25, -0.2) is 0 Å². The molecule has 0 unspecified atom stereocenters. The second-order valence-electron chi connectivity index (χ2n) is 6.66. The Morgan fingerprint density at radius 3 is 2.34 bits per heavy atom. The van der Waals surface area contributed by atoms with Gasteiger partial charge in [-0.05, 0) is 34.9 Å². The van der Waals surface area contributed by atoms with E-state index in [1.807, 2.05) is 53.4 Å². The number of furan rings is 1. The molecular weight excluding hydrogens is 366 g/mol. The Morgan fingerprint density at radius 2 is 1.66 bits per heavy atom. The zero-order valence-corrected chi connectivity index (χ0v) is 15.9. The zero-order chi connectivity index (χ0) is 19.9. The van der Waals surface area contributed by atoms with Gasteiger partial charge in [0, 0.05) is 13.1 Å². The molecule has 2 aromatic carbocycles. The molecule has 0 radical (unpaired) electrons. The van der Waals surface area contributed by atoms with E-state index < -0.39 is 0 Å². The molecule has 0 spiro atoms. The van der Waals surface area contributed by atoms with Crippen molar-refractivity contribution in [2.75, 3.05) is 6.54 Å². The maximum Gasteiger partial charge on any atom is 0.246 e. The van der Waals surface area contributed by atoms with E-state index in [-0.39, 0.29) is 12.5 Å². The number of hydrogen-bond acceptors (Lipinski definition) is 5. The van der Waals surface area contributed by atoms with Gasteiger partial charge in [0.15, 0.2) is 5.76 Å². The minimum absolute atomic E-state index is 0.0231. The van der Waals surface area contributed by atoms with Crippen molar-refractivity contribution in [1.82, 2.24) is 25.1 Å². The number of nitrogens with zero attached hydrogens (tertiary/aromatic N) is 5. The Morgan fingerprint density at radius 1 is 0.931 bits per heavy atom. The summed E-state index contributed by atoms with van der Waals surface area (Å²) in [4.78, 5) is 16.1. The third-order valence-corrected chi connectivity index (χ3v) is 4.55. The fraction of sp³-hybridized carbons (Fsp3) is 0.182. The number of rotatable bonds is 8. The summed E-state index contributed by atoms with van der Waals surface area (Å²) in [7, 11) is 0. The highest BCUT2D eigenvalue weighted by molar-refractivity contribution is 5.75. The largest absolute Gasteiger partial charge is 0.461 e. The monoisotopic (exact) mass is 387 g/mol. The van der Waals surface area contributed by atoms with Crippen LogP contribution in [0.1, 0.15) is 11.1 Å². The minimum Gasteiger partial charge on any atom is -0.461 e. The second-order valence-corrected chi connectivity index (χ2v) is 6.66. The van der Waals surface area contributed by atoms with Gasteiger partial charge in [0.1, 0.15) is 6.54 Å². The molecule has 0 aliphatic carbocycles. The van der Waals surface area contributed by atoms with Crippen molar-refractivity contribution in [2.45, 2.75) is 19.5 Å². The lowest BCUT2D eigenvalue weighted by molar-refractivity contribution is -0.132. The molecule has 7 nitrogen and oxygen atoms in total. The van der Waals surface area contributed by atoms with Crippen molar-refractivity contribution >= 4 is 5.91 Å². The van der Waals surface area contributed by atoms with E-state index in [0.29, 0.717) is 24.7 Å². The fourth-order valence-corrected chi connectivity index (χ4v) is 3.04. The van der Waals surface area contributed by atoms with Gasteiger partial charge in [-0.15, -0.1) is 10.2 Å². The summed E-state index contributed by atoms with van der Waals surface area (Å²) < 4.78 is 5.28. The van der Waals surface area contributed by atoms with Gasteiger partial charge in [0.25, 0.3) is 0 Å². The van der Waals surface area contributed by atoms with Crippen molar-refractivity contribution in [3.63, 3.8) is 0 Å².